The Morgan fingerprint density at radius 1 is 0.778 bits per heavy atom. The number of carbonyl (C=O) groups is 1. The molecule has 0 radical (unpaired) electrons. The van der Waals surface area contributed by atoms with Crippen molar-refractivity contribution in [2.45, 2.75) is 92.4 Å². The molecular weight excluding hydrogens is 610 g/mol. The Morgan fingerprint density at radius 3 is 1.84 bits per heavy atom. The summed E-state index contributed by atoms with van der Waals surface area (Å²) in [6, 6.07) is 6.00. The van der Waals surface area contributed by atoms with Crippen molar-refractivity contribution in [2.75, 3.05) is 33.4 Å². The number of carboxylic acids is 1. The van der Waals surface area contributed by atoms with Crippen LogP contribution in [-0.2, 0) is 25.5 Å². The highest BCUT2D eigenvalue weighted by molar-refractivity contribution is 5.87. The van der Waals surface area contributed by atoms with Gasteiger partial charge in [-0.1, -0.05) is 12.1 Å². The number of rotatable bonds is 15. The maximum atomic E-state index is 11.0. The molecule has 2 aliphatic heterocycles. The van der Waals surface area contributed by atoms with E-state index in [9.17, 15) is 61.0 Å². The Bertz CT molecular complexity index is 1050. The van der Waals surface area contributed by atoms with Crippen LogP contribution in [0.3, 0.4) is 0 Å². The van der Waals surface area contributed by atoms with Crippen LogP contribution in [0.4, 0.5) is 0 Å². The van der Waals surface area contributed by atoms with Gasteiger partial charge in [-0.05, 0) is 24.7 Å². The van der Waals surface area contributed by atoms with Gasteiger partial charge in [0.15, 0.2) is 12.6 Å². The molecule has 0 amide bonds. The minimum Gasteiger partial charge on any atom is -0.478 e. The van der Waals surface area contributed by atoms with Crippen LogP contribution < -0.4 is 0 Å². The Hall–Kier alpha value is -1.95. The van der Waals surface area contributed by atoms with E-state index in [1.54, 1.807) is 24.1 Å². The number of likely N-dealkylation sites (N-methyl/N-ethyl adjacent to an activating group) is 1. The average molecular weight is 654 g/mol. The molecule has 1 aromatic rings. The van der Waals surface area contributed by atoms with E-state index >= 15 is 0 Å². The largest absolute Gasteiger partial charge is 0.478 e. The first-order valence-electron chi connectivity index (χ1n) is 14.1. The van der Waals surface area contributed by atoms with E-state index in [1.165, 1.54) is 12.1 Å². The van der Waals surface area contributed by atoms with Crippen LogP contribution in [0.25, 0.3) is 0 Å². The third-order valence-electron chi connectivity index (χ3n) is 7.66. The van der Waals surface area contributed by atoms with E-state index in [0.717, 1.165) is 0 Å². The van der Waals surface area contributed by atoms with E-state index in [1.807, 2.05) is 0 Å². The first-order chi connectivity index (χ1) is 21.2. The molecule has 0 aromatic heterocycles. The van der Waals surface area contributed by atoms with E-state index < -0.39 is 112 Å². The molecule has 0 aliphatic carbocycles. The molecule has 45 heavy (non-hydrogen) atoms. The smallest absolute Gasteiger partial charge is 0.335 e. The molecule has 14 atom stereocenters. The van der Waals surface area contributed by atoms with Crippen molar-refractivity contribution < 1.29 is 85.0 Å². The molecule has 2 saturated heterocycles. The minimum atomic E-state index is -1.94. The average Bonchev–Trinajstić information content (AvgIpc) is 3.01. The molecule has 258 valence electrons. The third-order valence-corrected chi connectivity index (χ3v) is 7.66. The van der Waals surface area contributed by atoms with Gasteiger partial charge in [0, 0.05) is 13.1 Å². The standard InChI is InChI=1S/C27H43NO17/c1-28(6-11-2-4-12(5-3-11)25(40)41)7-13(30)17(32)18(33)14(31)9-42-26-24(39)22(37)20(35)16(45-26)10-43-27-23(38)21(36)19(34)15(8-29)44-27/h2-5,13-24,26-27,29-39H,6-10H2,1H3,(H,40,41)/t13?,14?,15-,16?,17-,18-,19-,20-,21+,22+,23-,24-,26-,27-/m1/s1. The number of aromatic carboxylic acids is 1. The number of ether oxygens (including phenoxy) is 4. The van der Waals surface area contributed by atoms with Gasteiger partial charge in [-0.3, -0.25) is 4.90 Å². The van der Waals surface area contributed by atoms with Crippen LogP contribution in [0.15, 0.2) is 24.3 Å². The molecule has 3 rings (SSSR count). The summed E-state index contributed by atoms with van der Waals surface area (Å²) in [5.74, 6) is -1.08. The van der Waals surface area contributed by atoms with Crippen LogP contribution >= 0.6 is 0 Å². The van der Waals surface area contributed by atoms with Gasteiger partial charge in [0.05, 0.1) is 31.5 Å². The van der Waals surface area contributed by atoms with Gasteiger partial charge in [-0.2, -0.15) is 0 Å². The zero-order chi connectivity index (χ0) is 33.6. The summed E-state index contributed by atoms with van der Waals surface area (Å²) in [4.78, 5) is 12.6. The lowest BCUT2D eigenvalue weighted by molar-refractivity contribution is -0.333. The van der Waals surface area contributed by atoms with Crippen molar-refractivity contribution >= 4 is 5.97 Å². The van der Waals surface area contributed by atoms with Crippen molar-refractivity contribution in [3.63, 3.8) is 0 Å². The van der Waals surface area contributed by atoms with Crippen molar-refractivity contribution in [1.82, 2.24) is 4.90 Å². The van der Waals surface area contributed by atoms with E-state index in [0.29, 0.717) is 5.56 Å². The van der Waals surface area contributed by atoms with Gasteiger partial charge in [-0.25, -0.2) is 4.79 Å². The van der Waals surface area contributed by atoms with Crippen molar-refractivity contribution in [3.8, 4) is 0 Å². The summed E-state index contributed by atoms with van der Waals surface area (Å²) >= 11 is 0. The van der Waals surface area contributed by atoms with Crippen molar-refractivity contribution in [3.05, 3.63) is 35.4 Å². The monoisotopic (exact) mass is 653 g/mol. The fraction of sp³-hybridized carbons (Fsp3) is 0.741. The Morgan fingerprint density at radius 2 is 1.29 bits per heavy atom. The fourth-order valence-corrected chi connectivity index (χ4v) is 4.89. The van der Waals surface area contributed by atoms with Gasteiger partial charge < -0.3 is 80.2 Å². The molecule has 12 N–H and O–H groups in total. The first-order valence-corrected chi connectivity index (χ1v) is 14.1. The maximum Gasteiger partial charge on any atom is 0.335 e. The second-order valence-corrected chi connectivity index (χ2v) is 11.2. The van der Waals surface area contributed by atoms with Crippen LogP contribution in [0.5, 0.6) is 0 Å². The fourth-order valence-electron chi connectivity index (χ4n) is 4.89. The summed E-state index contributed by atoms with van der Waals surface area (Å²) in [6.07, 6.45) is -23.7. The number of nitrogens with zero attached hydrogens (tertiary/aromatic N) is 1. The summed E-state index contributed by atoms with van der Waals surface area (Å²) in [5.41, 5.74) is 0.818. The quantitative estimate of drug-likeness (QED) is 0.0838. The molecule has 1 aromatic carbocycles. The molecular formula is C27H43NO17. The number of hydrogen-bond donors (Lipinski definition) is 12. The van der Waals surface area contributed by atoms with E-state index in [2.05, 4.69) is 0 Å². The number of hydrogen-bond acceptors (Lipinski definition) is 17. The number of aliphatic hydroxyl groups excluding tert-OH is 11. The Kier molecular flexibility index (Phi) is 14.0. The van der Waals surface area contributed by atoms with E-state index in [-0.39, 0.29) is 18.7 Å². The lowest BCUT2D eigenvalue weighted by atomic mass is 9.98. The highest BCUT2D eigenvalue weighted by Gasteiger charge is 2.47. The zero-order valence-electron chi connectivity index (χ0n) is 24.3. The normalized spacial score (nSPS) is 35.1. The summed E-state index contributed by atoms with van der Waals surface area (Å²) in [6.45, 7) is -1.99. The second kappa shape index (κ2) is 16.7. The number of carboxylic acid groups (broad SMARTS) is 1. The maximum absolute atomic E-state index is 11.0. The number of benzene rings is 1. The molecule has 18 nitrogen and oxygen atoms in total. The van der Waals surface area contributed by atoms with Crippen LogP contribution in [0.1, 0.15) is 15.9 Å². The van der Waals surface area contributed by atoms with Gasteiger partial charge in [0.1, 0.15) is 67.1 Å². The summed E-state index contributed by atoms with van der Waals surface area (Å²) in [5, 5.41) is 121. The Balaban J connectivity index is 1.49. The zero-order valence-corrected chi connectivity index (χ0v) is 24.3. The van der Waals surface area contributed by atoms with Crippen LogP contribution in [0, 0.1) is 0 Å². The van der Waals surface area contributed by atoms with Crippen molar-refractivity contribution in [1.29, 1.82) is 0 Å². The molecule has 0 spiro atoms. The van der Waals surface area contributed by atoms with Gasteiger partial charge in [0.2, 0.25) is 0 Å². The Labute approximate surface area is 257 Å². The summed E-state index contributed by atoms with van der Waals surface area (Å²) < 4.78 is 21.2. The molecule has 2 fully saturated rings. The third kappa shape index (κ3) is 9.55. The topological polar surface area (TPSA) is 300 Å². The molecule has 2 heterocycles. The molecule has 2 aliphatic rings. The highest BCUT2D eigenvalue weighted by atomic mass is 16.7. The van der Waals surface area contributed by atoms with Crippen molar-refractivity contribution in [2.24, 2.45) is 0 Å². The second-order valence-electron chi connectivity index (χ2n) is 11.2. The van der Waals surface area contributed by atoms with Gasteiger partial charge in [0.25, 0.3) is 0 Å². The first kappa shape index (κ1) is 37.5. The SMILES string of the molecule is CN(Cc1ccc(C(=O)O)cc1)CC(O)[C@@H](O)[C@H](O)C(O)CO[C@@H]1OC(CO[C@@H]2O[C@H](CO)[C@@H](O)[C@H](O)[C@H]2O)[C@@H](O)[C@H](O)[C@H]1O. The lowest BCUT2D eigenvalue weighted by Crippen LogP contribution is -2.62. The lowest BCUT2D eigenvalue weighted by Gasteiger charge is -2.42. The molecule has 18 heteroatoms. The minimum absolute atomic E-state index is 0.102. The van der Waals surface area contributed by atoms with Crippen LogP contribution in [-0.4, -0.2) is 191 Å². The molecule has 3 unspecified atom stereocenters. The van der Waals surface area contributed by atoms with Gasteiger partial charge in [-0.15, -0.1) is 0 Å². The predicted molar refractivity (Wildman–Crippen MR) is 146 cm³/mol. The molecule has 0 bridgehead atoms. The van der Waals surface area contributed by atoms with E-state index in [4.69, 9.17) is 24.1 Å². The van der Waals surface area contributed by atoms with Crippen LogP contribution in [0.2, 0.25) is 0 Å². The molecule has 0 saturated carbocycles. The predicted octanol–water partition coefficient (Wildman–Crippen LogP) is -6.10. The van der Waals surface area contributed by atoms with Gasteiger partial charge >= 0.3 is 5.97 Å². The highest BCUT2D eigenvalue weighted by Crippen LogP contribution is 2.26. The number of aliphatic hydroxyl groups is 11. The summed E-state index contributed by atoms with van der Waals surface area (Å²) in [7, 11) is 1.60.